The molecule has 0 radical (unpaired) electrons. The number of hydrogen-bond acceptors (Lipinski definition) is 2. The van der Waals surface area contributed by atoms with Gasteiger partial charge in [-0.1, -0.05) is 12.1 Å². The molecule has 2 nitrogen and oxygen atoms in total. The maximum atomic E-state index is 12.5. The molecule has 0 unspecified atom stereocenters. The zero-order chi connectivity index (χ0) is 10.4. The normalized spacial score (nSPS) is 9.14. The Morgan fingerprint density at radius 2 is 2.07 bits per heavy atom. The largest absolute Gasteiger partial charge is 0.456 e. The minimum Gasteiger partial charge on any atom is -0.456 e. The minimum atomic E-state index is -0.674. The predicted octanol–water partition coefficient (Wildman–Crippen LogP) is 1.54. The summed E-state index contributed by atoms with van der Waals surface area (Å²) in [6, 6.07) is 5.99. The fourth-order valence-corrected chi connectivity index (χ4v) is 0.954. The predicted molar refractivity (Wildman–Crippen MR) is 49.9 cm³/mol. The van der Waals surface area contributed by atoms with Crippen molar-refractivity contribution in [1.82, 2.24) is 0 Å². The quantitative estimate of drug-likeness (QED) is 0.412. The third-order valence-corrected chi connectivity index (χ3v) is 1.66. The highest BCUT2D eigenvalue weighted by Gasteiger charge is 1.97. The Labute approximate surface area is 81.7 Å². The first-order chi connectivity index (χ1) is 6.72. The molecule has 0 saturated heterocycles. The Kier molecular flexibility index (Phi) is 3.69. The second kappa shape index (κ2) is 5.03. The van der Waals surface area contributed by atoms with Gasteiger partial charge in [-0.3, -0.25) is 0 Å². The zero-order valence-corrected chi connectivity index (χ0v) is 7.50. The standard InChI is InChI=1S/C11H9FO2/c1-2-11(13)14-8-7-9-3-5-10(12)6-4-9/h1,3-6H,7-8H2. The van der Waals surface area contributed by atoms with Gasteiger partial charge in [-0.05, 0) is 17.7 Å². The van der Waals surface area contributed by atoms with Gasteiger partial charge in [0.1, 0.15) is 5.82 Å². The Bertz CT molecular complexity index is 349. The maximum Gasteiger partial charge on any atom is 0.384 e. The molecule has 0 bridgehead atoms. The van der Waals surface area contributed by atoms with Crippen molar-refractivity contribution in [1.29, 1.82) is 0 Å². The van der Waals surface area contributed by atoms with E-state index >= 15 is 0 Å². The van der Waals surface area contributed by atoms with Gasteiger partial charge in [0, 0.05) is 12.3 Å². The van der Waals surface area contributed by atoms with Gasteiger partial charge < -0.3 is 4.74 Å². The van der Waals surface area contributed by atoms with E-state index < -0.39 is 5.97 Å². The Morgan fingerprint density at radius 1 is 1.43 bits per heavy atom. The molecule has 1 aromatic rings. The molecule has 0 saturated carbocycles. The highest BCUT2D eigenvalue weighted by Crippen LogP contribution is 2.03. The summed E-state index contributed by atoms with van der Waals surface area (Å²) in [6.07, 6.45) is 5.33. The van der Waals surface area contributed by atoms with Crippen molar-refractivity contribution >= 4 is 5.97 Å². The molecule has 72 valence electrons. The third kappa shape index (κ3) is 3.28. The van der Waals surface area contributed by atoms with Crippen molar-refractivity contribution in [3.05, 3.63) is 35.6 Å². The molecule has 0 amide bonds. The fourth-order valence-electron chi connectivity index (χ4n) is 0.954. The van der Waals surface area contributed by atoms with Crippen LogP contribution in [0, 0.1) is 18.2 Å². The molecular weight excluding hydrogens is 183 g/mol. The first kappa shape index (κ1) is 10.3. The van der Waals surface area contributed by atoms with Gasteiger partial charge in [-0.15, -0.1) is 6.42 Å². The summed E-state index contributed by atoms with van der Waals surface area (Å²) < 4.78 is 17.1. The first-order valence-electron chi connectivity index (χ1n) is 4.10. The van der Waals surface area contributed by atoms with Crippen LogP contribution in [0.3, 0.4) is 0 Å². The number of terminal acetylenes is 1. The summed E-state index contributed by atoms with van der Waals surface area (Å²) in [4.78, 5) is 10.5. The fraction of sp³-hybridized carbons (Fsp3) is 0.182. The van der Waals surface area contributed by atoms with E-state index in [0.717, 1.165) is 5.56 Å². The zero-order valence-electron chi connectivity index (χ0n) is 7.50. The molecular formula is C11H9FO2. The van der Waals surface area contributed by atoms with E-state index in [1.165, 1.54) is 12.1 Å². The van der Waals surface area contributed by atoms with Crippen molar-refractivity contribution in [3.8, 4) is 12.3 Å². The topological polar surface area (TPSA) is 26.3 Å². The number of esters is 1. The van der Waals surface area contributed by atoms with E-state index in [2.05, 4.69) is 4.74 Å². The molecule has 0 fully saturated rings. The van der Waals surface area contributed by atoms with Crippen molar-refractivity contribution < 1.29 is 13.9 Å². The van der Waals surface area contributed by atoms with Crippen LogP contribution < -0.4 is 0 Å². The average Bonchev–Trinajstić information content (AvgIpc) is 2.21. The Hall–Kier alpha value is -1.82. The van der Waals surface area contributed by atoms with E-state index in [0.29, 0.717) is 6.42 Å². The van der Waals surface area contributed by atoms with Crippen LogP contribution in [0.25, 0.3) is 0 Å². The van der Waals surface area contributed by atoms with Crippen LogP contribution in [-0.2, 0) is 16.0 Å². The number of hydrogen-bond donors (Lipinski definition) is 0. The SMILES string of the molecule is C#CC(=O)OCCc1ccc(F)cc1. The van der Waals surface area contributed by atoms with E-state index in [1.54, 1.807) is 12.1 Å². The number of halogens is 1. The van der Waals surface area contributed by atoms with Gasteiger partial charge in [0.15, 0.2) is 0 Å². The summed E-state index contributed by atoms with van der Waals surface area (Å²) in [5.41, 5.74) is 0.899. The molecule has 0 aliphatic carbocycles. The van der Waals surface area contributed by atoms with Gasteiger partial charge in [0.2, 0.25) is 0 Å². The van der Waals surface area contributed by atoms with Crippen LogP contribution in [0.2, 0.25) is 0 Å². The highest BCUT2D eigenvalue weighted by molar-refractivity contribution is 5.87. The number of ether oxygens (including phenoxy) is 1. The number of carbonyl (C=O) groups excluding carboxylic acids is 1. The molecule has 0 aromatic heterocycles. The van der Waals surface area contributed by atoms with Crippen molar-refractivity contribution in [2.75, 3.05) is 6.61 Å². The van der Waals surface area contributed by atoms with Crippen molar-refractivity contribution in [2.45, 2.75) is 6.42 Å². The van der Waals surface area contributed by atoms with Crippen molar-refractivity contribution in [2.24, 2.45) is 0 Å². The van der Waals surface area contributed by atoms with E-state index in [-0.39, 0.29) is 12.4 Å². The smallest absolute Gasteiger partial charge is 0.384 e. The molecule has 0 heterocycles. The summed E-state index contributed by atoms with van der Waals surface area (Å²) in [7, 11) is 0. The second-order valence-electron chi connectivity index (χ2n) is 2.66. The molecule has 0 atom stereocenters. The van der Waals surface area contributed by atoms with Gasteiger partial charge in [-0.25, -0.2) is 9.18 Å². The molecule has 14 heavy (non-hydrogen) atoms. The highest BCUT2D eigenvalue weighted by atomic mass is 19.1. The second-order valence-corrected chi connectivity index (χ2v) is 2.66. The van der Waals surface area contributed by atoms with E-state index in [9.17, 15) is 9.18 Å². The lowest BCUT2D eigenvalue weighted by molar-refractivity contribution is -0.136. The minimum absolute atomic E-state index is 0.217. The summed E-state index contributed by atoms with van der Waals surface area (Å²) in [5.74, 6) is 0.882. The Morgan fingerprint density at radius 3 is 2.64 bits per heavy atom. The summed E-state index contributed by atoms with van der Waals surface area (Å²) in [5, 5.41) is 0. The first-order valence-corrected chi connectivity index (χ1v) is 4.10. The molecule has 1 rings (SSSR count). The lowest BCUT2D eigenvalue weighted by atomic mass is 10.2. The Balaban J connectivity index is 2.36. The van der Waals surface area contributed by atoms with Crippen LogP contribution in [0.4, 0.5) is 4.39 Å². The van der Waals surface area contributed by atoms with Crippen LogP contribution in [-0.4, -0.2) is 12.6 Å². The molecule has 1 aromatic carbocycles. The van der Waals surface area contributed by atoms with Crippen molar-refractivity contribution in [3.63, 3.8) is 0 Å². The number of rotatable bonds is 3. The summed E-state index contributed by atoms with van der Waals surface area (Å²) >= 11 is 0. The van der Waals surface area contributed by atoms with Gasteiger partial charge in [0.25, 0.3) is 0 Å². The lowest BCUT2D eigenvalue weighted by Gasteiger charge is -2.00. The maximum absolute atomic E-state index is 12.5. The van der Waals surface area contributed by atoms with Crippen LogP contribution in [0.15, 0.2) is 24.3 Å². The van der Waals surface area contributed by atoms with Gasteiger partial charge in [-0.2, -0.15) is 0 Å². The van der Waals surface area contributed by atoms with Crippen LogP contribution in [0.5, 0.6) is 0 Å². The van der Waals surface area contributed by atoms with Gasteiger partial charge >= 0.3 is 5.97 Å². The molecule has 0 N–H and O–H groups in total. The van der Waals surface area contributed by atoms with E-state index in [1.807, 2.05) is 5.92 Å². The molecule has 0 aliphatic heterocycles. The molecule has 0 spiro atoms. The molecule has 0 aliphatic rings. The lowest BCUT2D eigenvalue weighted by Crippen LogP contribution is -2.04. The van der Waals surface area contributed by atoms with Crippen LogP contribution in [0.1, 0.15) is 5.56 Å². The molecule has 3 heteroatoms. The number of benzene rings is 1. The summed E-state index contributed by atoms with van der Waals surface area (Å²) in [6.45, 7) is 0.217. The third-order valence-electron chi connectivity index (χ3n) is 1.66. The van der Waals surface area contributed by atoms with Gasteiger partial charge in [0.05, 0.1) is 6.61 Å². The number of carbonyl (C=O) groups is 1. The monoisotopic (exact) mass is 192 g/mol. The van der Waals surface area contributed by atoms with Crippen LogP contribution >= 0.6 is 0 Å². The average molecular weight is 192 g/mol. The van der Waals surface area contributed by atoms with E-state index in [4.69, 9.17) is 6.42 Å².